The molecule has 2 aromatic heterocycles. The lowest BCUT2D eigenvalue weighted by atomic mass is 9.91. The number of carbonyl (C=O) groups excluding carboxylic acids is 1. The van der Waals surface area contributed by atoms with Crippen LogP contribution in [0, 0.1) is 5.82 Å². The van der Waals surface area contributed by atoms with E-state index < -0.39 is 11.7 Å². The zero-order valence-electron chi connectivity index (χ0n) is 15.1. The second kappa shape index (κ2) is 7.69. The molecule has 7 nitrogen and oxygen atoms in total. The molecule has 2 unspecified atom stereocenters. The number of pyridine rings is 1. The summed E-state index contributed by atoms with van der Waals surface area (Å²) in [7, 11) is 0. The van der Waals surface area contributed by atoms with E-state index in [1.807, 2.05) is 18.2 Å². The largest absolute Gasteiger partial charge is 0.365 e. The van der Waals surface area contributed by atoms with Crippen LogP contribution in [0.25, 0.3) is 10.2 Å². The first-order chi connectivity index (χ1) is 13.5. The van der Waals surface area contributed by atoms with Crippen LogP contribution >= 0.6 is 11.3 Å². The van der Waals surface area contributed by atoms with Gasteiger partial charge in [0.05, 0.1) is 21.3 Å². The lowest BCUT2D eigenvalue weighted by molar-refractivity contribution is 0.100. The van der Waals surface area contributed by atoms with E-state index in [4.69, 9.17) is 11.5 Å². The molecule has 0 bridgehead atoms. The number of fused-ring (bicyclic) bond motifs is 1. The van der Waals surface area contributed by atoms with Crippen molar-refractivity contribution in [3.8, 4) is 0 Å². The summed E-state index contributed by atoms with van der Waals surface area (Å²) in [6.07, 6.45) is 3.84. The third-order valence-electron chi connectivity index (χ3n) is 4.98. The molecular weight excluding hydrogens is 379 g/mol. The van der Waals surface area contributed by atoms with Gasteiger partial charge in [-0.05, 0) is 37.1 Å². The van der Waals surface area contributed by atoms with Gasteiger partial charge in [-0.15, -0.1) is 11.3 Å². The summed E-state index contributed by atoms with van der Waals surface area (Å²) >= 11 is 1.53. The molecule has 2 atom stereocenters. The summed E-state index contributed by atoms with van der Waals surface area (Å²) < 4.78 is 15.6. The summed E-state index contributed by atoms with van der Waals surface area (Å²) in [6, 6.07) is 6.59. The van der Waals surface area contributed by atoms with Crippen molar-refractivity contribution in [3.05, 3.63) is 41.2 Å². The van der Waals surface area contributed by atoms with Gasteiger partial charge < -0.3 is 22.1 Å². The van der Waals surface area contributed by atoms with Gasteiger partial charge in [0.25, 0.3) is 5.91 Å². The van der Waals surface area contributed by atoms with Crippen LogP contribution in [-0.4, -0.2) is 28.0 Å². The Balaban J connectivity index is 1.66. The Hall–Kier alpha value is -2.78. The van der Waals surface area contributed by atoms with E-state index in [9.17, 15) is 9.18 Å². The number of hydrogen-bond acceptors (Lipinski definition) is 7. The summed E-state index contributed by atoms with van der Waals surface area (Å²) in [5, 5.41) is 6.17. The van der Waals surface area contributed by atoms with E-state index in [1.54, 1.807) is 5.51 Å². The molecule has 9 heteroatoms. The Morgan fingerprint density at radius 2 is 2.04 bits per heavy atom. The number of nitrogens with zero attached hydrogens (tertiary/aromatic N) is 2. The van der Waals surface area contributed by atoms with Crippen molar-refractivity contribution in [2.75, 3.05) is 10.6 Å². The number of primary amides is 1. The van der Waals surface area contributed by atoms with Crippen molar-refractivity contribution in [2.45, 2.75) is 37.8 Å². The van der Waals surface area contributed by atoms with E-state index in [0.717, 1.165) is 42.0 Å². The van der Waals surface area contributed by atoms with Crippen LogP contribution < -0.4 is 22.1 Å². The number of rotatable bonds is 5. The number of hydrogen-bond donors (Lipinski definition) is 4. The standard InChI is InChI=1S/C19H21FN6OS/c20-12-8-11(17(22)27)18(24-10-5-6-16-15(7-10)23-9-28-16)26-19(12)25-14-4-2-1-3-13(14)21/h5-9,13-14H,1-4,21H2,(H2,22,27)(H2,24,25,26). The summed E-state index contributed by atoms with van der Waals surface area (Å²) in [5.74, 6) is -1.14. The van der Waals surface area contributed by atoms with Crippen LogP contribution in [0.4, 0.5) is 21.7 Å². The second-order valence-electron chi connectivity index (χ2n) is 6.94. The summed E-state index contributed by atoms with van der Waals surface area (Å²) in [4.78, 5) is 20.4. The van der Waals surface area contributed by atoms with Crippen molar-refractivity contribution < 1.29 is 9.18 Å². The molecule has 1 aliphatic carbocycles. The molecule has 0 spiro atoms. The van der Waals surface area contributed by atoms with Crippen molar-refractivity contribution in [3.63, 3.8) is 0 Å². The fourth-order valence-corrected chi connectivity index (χ4v) is 4.12. The van der Waals surface area contributed by atoms with Gasteiger partial charge in [-0.3, -0.25) is 4.79 Å². The van der Waals surface area contributed by atoms with Crippen molar-refractivity contribution in [1.82, 2.24) is 9.97 Å². The number of nitrogens with one attached hydrogen (secondary N) is 2. The minimum Gasteiger partial charge on any atom is -0.365 e. The monoisotopic (exact) mass is 400 g/mol. The van der Waals surface area contributed by atoms with E-state index >= 15 is 0 Å². The number of anilines is 3. The SMILES string of the molecule is NC(=O)c1cc(F)c(NC2CCCCC2N)nc1Nc1ccc2scnc2c1. The van der Waals surface area contributed by atoms with Gasteiger partial charge in [-0.2, -0.15) is 0 Å². The smallest absolute Gasteiger partial charge is 0.252 e. The van der Waals surface area contributed by atoms with Crippen LogP contribution in [0.1, 0.15) is 36.0 Å². The van der Waals surface area contributed by atoms with Gasteiger partial charge in [0, 0.05) is 17.8 Å². The molecule has 2 heterocycles. The number of halogens is 1. The molecule has 6 N–H and O–H groups in total. The maximum atomic E-state index is 14.6. The van der Waals surface area contributed by atoms with E-state index in [0.29, 0.717) is 5.69 Å². The third-order valence-corrected chi connectivity index (χ3v) is 5.79. The highest BCUT2D eigenvalue weighted by atomic mass is 32.1. The van der Waals surface area contributed by atoms with Gasteiger partial charge in [0.15, 0.2) is 11.6 Å². The Kier molecular flexibility index (Phi) is 5.10. The first-order valence-corrected chi connectivity index (χ1v) is 10.0. The number of nitrogens with two attached hydrogens (primary N) is 2. The van der Waals surface area contributed by atoms with Gasteiger partial charge in [-0.1, -0.05) is 12.8 Å². The molecule has 3 aromatic rings. The molecule has 1 fully saturated rings. The predicted molar refractivity (Wildman–Crippen MR) is 109 cm³/mol. The average molecular weight is 400 g/mol. The number of benzene rings is 1. The van der Waals surface area contributed by atoms with E-state index in [2.05, 4.69) is 20.6 Å². The highest BCUT2D eigenvalue weighted by Crippen LogP contribution is 2.28. The lowest BCUT2D eigenvalue weighted by Crippen LogP contribution is -2.43. The van der Waals surface area contributed by atoms with Gasteiger partial charge in [-0.25, -0.2) is 14.4 Å². The highest BCUT2D eigenvalue weighted by molar-refractivity contribution is 7.16. The fourth-order valence-electron chi connectivity index (χ4n) is 3.46. The molecule has 0 saturated heterocycles. The van der Waals surface area contributed by atoms with Crippen molar-refractivity contribution in [1.29, 1.82) is 0 Å². The third kappa shape index (κ3) is 3.76. The highest BCUT2D eigenvalue weighted by Gasteiger charge is 2.24. The first-order valence-electron chi connectivity index (χ1n) is 9.14. The molecule has 1 amide bonds. The quantitative estimate of drug-likeness (QED) is 0.521. The van der Waals surface area contributed by atoms with Gasteiger partial charge in [0.2, 0.25) is 0 Å². The molecule has 28 heavy (non-hydrogen) atoms. The van der Waals surface area contributed by atoms with Crippen LogP contribution in [-0.2, 0) is 0 Å². The topological polar surface area (TPSA) is 119 Å². The van der Waals surface area contributed by atoms with Crippen LogP contribution in [0.2, 0.25) is 0 Å². The molecular formula is C19H21FN6OS. The second-order valence-corrected chi connectivity index (χ2v) is 7.82. The van der Waals surface area contributed by atoms with Gasteiger partial charge in [0.1, 0.15) is 5.82 Å². The minimum absolute atomic E-state index is 0.0191. The molecule has 1 saturated carbocycles. The van der Waals surface area contributed by atoms with Crippen molar-refractivity contribution in [2.24, 2.45) is 11.5 Å². The molecule has 146 valence electrons. The zero-order valence-corrected chi connectivity index (χ0v) is 15.9. The van der Waals surface area contributed by atoms with Crippen LogP contribution in [0.15, 0.2) is 29.8 Å². The Morgan fingerprint density at radius 3 is 2.82 bits per heavy atom. The molecule has 1 aromatic carbocycles. The molecule has 4 rings (SSSR count). The lowest BCUT2D eigenvalue weighted by Gasteiger charge is -2.30. The zero-order chi connectivity index (χ0) is 19.7. The van der Waals surface area contributed by atoms with Crippen LogP contribution in [0.3, 0.4) is 0 Å². The summed E-state index contributed by atoms with van der Waals surface area (Å²) in [6.45, 7) is 0. The van der Waals surface area contributed by atoms with Crippen molar-refractivity contribution >= 4 is 44.8 Å². The first kappa shape index (κ1) is 18.6. The Bertz CT molecular complexity index is 1020. The number of aromatic nitrogens is 2. The maximum absolute atomic E-state index is 14.6. The maximum Gasteiger partial charge on any atom is 0.252 e. The number of thiazole rings is 1. The predicted octanol–water partition coefficient (Wildman–Crippen LogP) is 3.35. The average Bonchev–Trinajstić information content (AvgIpc) is 3.13. The minimum atomic E-state index is -0.760. The van der Waals surface area contributed by atoms with E-state index in [1.165, 1.54) is 11.3 Å². The molecule has 1 aliphatic rings. The number of amides is 1. The van der Waals surface area contributed by atoms with E-state index in [-0.39, 0.29) is 29.3 Å². The normalized spacial score (nSPS) is 19.5. The molecule has 0 radical (unpaired) electrons. The fraction of sp³-hybridized carbons (Fsp3) is 0.316. The Morgan fingerprint density at radius 1 is 1.21 bits per heavy atom. The summed E-state index contributed by atoms with van der Waals surface area (Å²) in [5.41, 5.74) is 14.8. The molecule has 0 aliphatic heterocycles. The van der Waals surface area contributed by atoms with Gasteiger partial charge >= 0.3 is 0 Å². The van der Waals surface area contributed by atoms with Crippen LogP contribution in [0.5, 0.6) is 0 Å². The Labute approximate surface area is 165 Å². The number of carbonyl (C=O) groups is 1.